The molecule has 152 valence electrons. The molecule has 1 aliphatic rings. The van der Waals surface area contributed by atoms with Crippen LogP contribution < -0.4 is 10.6 Å². The second-order valence-electron chi connectivity index (χ2n) is 7.04. The molecule has 6 heteroatoms. The zero-order valence-corrected chi connectivity index (χ0v) is 16.5. The summed E-state index contributed by atoms with van der Waals surface area (Å²) in [6.45, 7) is 0.602. The third-order valence-electron chi connectivity index (χ3n) is 4.84. The van der Waals surface area contributed by atoms with Crippen LogP contribution in [0, 0.1) is 0 Å². The molecule has 2 rings (SSSR count). The zero-order chi connectivity index (χ0) is 20.2. The third-order valence-corrected chi connectivity index (χ3v) is 4.84. The Morgan fingerprint density at radius 2 is 1.82 bits per heavy atom. The van der Waals surface area contributed by atoms with Gasteiger partial charge in [-0.05, 0) is 37.7 Å². The number of methoxy groups -OCH3 is 1. The Kier molecular flexibility index (Phi) is 9.25. The van der Waals surface area contributed by atoms with Crippen LogP contribution in [0.4, 0.5) is 0 Å². The second-order valence-corrected chi connectivity index (χ2v) is 7.04. The van der Waals surface area contributed by atoms with Crippen molar-refractivity contribution in [2.24, 2.45) is 0 Å². The van der Waals surface area contributed by atoms with Crippen LogP contribution in [-0.4, -0.2) is 37.5 Å². The molecule has 0 aromatic heterocycles. The summed E-state index contributed by atoms with van der Waals surface area (Å²) in [6.07, 6.45) is 8.36. The molecule has 0 saturated heterocycles. The monoisotopic (exact) mass is 386 g/mol. The molecule has 0 aliphatic heterocycles. The van der Waals surface area contributed by atoms with Gasteiger partial charge in [0.05, 0.1) is 7.11 Å². The largest absolute Gasteiger partial charge is 0.467 e. The van der Waals surface area contributed by atoms with E-state index in [1.54, 1.807) is 0 Å². The van der Waals surface area contributed by atoms with Gasteiger partial charge in [-0.2, -0.15) is 0 Å². The number of esters is 1. The molecule has 6 nitrogen and oxygen atoms in total. The fraction of sp³-hybridized carbons (Fsp3) is 0.500. The van der Waals surface area contributed by atoms with Crippen molar-refractivity contribution in [1.29, 1.82) is 0 Å². The maximum atomic E-state index is 12.2. The standard InChI is InChI=1S/C22H30N2O4/c1-28-22(27)19(16-18-10-6-3-7-11-18)24-21(26)13-12-20(25)23-15-14-17-8-4-2-5-9-17/h3,6-8,10-11,19H,2,4-5,9,12-16H2,1H3,(H,23,25)(H,24,26). The van der Waals surface area contributed by atoms with E-state index in [2.05, 4.69) is 16.7 Å². The zero-order valence-electron chi connectivity index (χ0n) is 16.5. The summed E-state index contributed by atoms with van der Waals surface area (Å²) >= 11 is 0. The van der Waals surface area contributed by atoms with Crippen molar-refractivity contribution in [2.45, 2.75) is 57.4 Å². The smallest absolute Gasteiger partial charge is 0.328 e. The van der Waals surface area contributed by atoms with Gasteiger partial charge in [0.15, 0.2) is 0 Å². The van der Waals surface area contributed by atoms with Crippen molar-refractivity contribution in [1.82, 2.24) is 10.6 Å². The maximum absolute atomic E-state index is 12.2. The number of nitrogens with one attached hydrogen (secondary N) is 2. The minimum atomic E-state index is -0.763. The quantitative estimate of drug-likeness (QED) is 0.478. The van der Waals surface area contributed by atoms with E-state index in [0.717, 1.165) is 24.8 Å². The summed E-state index contributed by atoms with van der Waals surface area (Å²) in [7, 11) is 1.29. The summed E-state index contributed by atoms with van der Waals surface area (Å²) in [4.78, 5) is 36.1. The van der Waals surface area contributed by atoms with Crippen LogP contribution in [0.3, 0.4) is 0 Å². The number of ether oxygens (including phenoxy) is 1. The Morgan fingerprint density at radius 1 is 1.07 bits per heavy atom. The minimum Gasteiger partial charge on any atom is -0.467 e. The van der Waals surface area contributed by atoms with Gasteiger partial charge in [0.2, 0.25) is 11.8 Å². The summed E-state index contributed by atoms with van der Waals surface area (Å²) in [5.41, 5.74) is 2.33. The van der Waals surface area contributed by atoms with Crippen molar-refractivity contribution in [2.75, 3.05) is 13.7 Å². The van der Waals surface area contributed by atoms with Gasteiger partial charge in [-0.1, -0.05) is 42.0 Å². The van der Waals surface area contributed by atoms with Gasteiger partial charge in [0.25, 0.3) is 0 Å². The fourth-order valence-electron chi connectivity index (χ4n) is 3.26. The first kappa shape index (κ1) is 21.7. The van der Waals surface area contributed by atoms with E-state index < -0.39 is 12.0 Å². The molecule has 1 aliphatic carbocycles. The van der Waals surface area contributed by atoms with Crippen LogP contribution in [0.1, 0.15) is 50.5 Å². The minimum absolute atomic E-state index is 0.0385. The van der Waals surface area contributed by atoms with Crippen LogP contribution in [0.15, 0.2) is 42.0 Å². The molecule has 0 bridgehead atoms. The van der Waals surface area contributed by atoms with Crippen LogP contribution in [0.2, 0.25) is 0 Å². The van der Waals surface area contributed by atoms with Gasteiger partial charge in [0.1, 0.15) is 6.04 Å². The van der Waals surface area contributed by atoms with E-state index in [1.807, 2.05) is 30.3 Å². The van der Waals surface area contributed by atoms with E-state index in [0.29, 0.717) is 13.0 Å². The molecule has 0 radical (unpaired) electrons. The predicted octanol–water partition coefficient (Wildman–Crippen LogP) is 2.67. The van der Waals surface area contributed by atoms with Gasteiger partial charge in [-0.25, -0.2) is 4.79 Å². The topological polar surface area (TPSA) is 84.5 Å². The number of allylic oxidation sites excluding steroid dienone is 1. The van der Waals surface area contributed by atoms with Crippen LogP contribution in [-0.2, 0) is 25.5 Å². The Bertz CT molecular complexity index is 685. The molecule has 0 fully saturated rings. The number of rotatable bonds is 10. The highest BCUT2D eigenvalue weighted by molar-refractivity contribution is 5.87. The normalized spacial score (nSPS) is 14.5. The number of amides is 2. The first-order valence-corrected chi connectivity index (χ1v) is 9.94. The molecular weight excluding hydrogens is 356 g/mol. The number of hydrogen-bond donors (Lipinski definition) is 2. The molecule has 0 spiro atoms. The van der Waals surface area contributed by atoms with Crippen molar-refractivity contribution >= 4 is 17.8 Å². The highest BCUT2D eigenvalue weighted by Gasteiger charge is 2.22. The summed E-state index contributed by atoms with van der Waals surface area (Å²) in [6, 6.07) is 8.65. The predicted molar refractivity (Wildman–Crippen MR) is 108 cm³/mol. The van der Waals surface area contributed by atoms with Crippen molar-refractivity contribution in [3.63, 3.8) is 0 Å². The number of carbonyl (C=O) groups excluding carboxylic acids is 3. The van der Waals surface area contributed by atoms with Crippen LogP contribution in [0.25, 0.3) is 0 Å². The first-order chi connectivity index (χ1) is 13.6. The third kappa shape index (κ3) is 7.94. The van der Waals surface area contributed by atoms with E-state index in [1.165, 1.54) is 25.5 Å². The van der Waals surface area contributed by atoms with E-state index >= 15 is 0 Å². The molecule has 1 atom stereocenters. The molecule has 28 heavy (non-hydrogen) atoms. The molecule has 2 amide bonds. The lowest BCUT2D eigenvalue weighted by atomic mass is 9.97. The van der Waals surface area contributed by atoms with Gasteiger partial charge in [-0.3, -0.25) is 9.59 Å². The number of benzene rings is 1. The molecule has 0 saturated carbocycles. The lowest BCUT2D eigenvalue weighted by molar-refractivity contribution is -0.145. The molecule has 2 N–H and O–H groups in total. The van der Waals surface area contributed by atoms with Crippen LogP contribution in [0.5, 0.6) is 0 Å². The molecule has 0 heterocycles. The highest BCUT2D eigenvalue weighted by atomic mass is 16.5. The van der Waals surface area contributed by atoms with Crippen LogP contribution >= 0.6 is 0 Å². The van der Waals surface area contributed by atoms with Crippen molar-refractivity contribution in [3.8, 4) is 0 Å². The SMILES string of the molecule is COC(=O)C(Cc1ccccc1)NC(=O)CCC(=O)NCCC1=CCCCC1. The average Bonchev–Trinajstić information content (AvgIpc) is 2.72. The summed E-state index contributed by atoms with van der Waals surface area (Å²) in [5.74, 6) is -0.983. The van der Waals surface area contributed by atoms with Gasteiger partial charge in [0, 0.05) is 25.8 Å². The summed E-state index contributed by atoms with van der Waals surface area (Å²) in [5, 5.41) is 5.54. The Labute approximate surface area is 166 Å². The molecule has 1 unspecified atom stereocenters. The summed E-state index contributed by atoms with van der Waals surface area (Å²) < 4.78 is 4.78. The Hall–Kier alpha value is -2.63. The lowest BCUT2D eigenvalue weighted by Crippen LogP contribution is -2.43. The van der Waals surface area contributed by atoms with Gasteiger partial charge >= 0.3 is 5.97 Å². The highest BCUT2D eigenvalue weighted by Crippen LogP contribution is 2.19. The first-order valence-electron chi connectivity index (χ1n) is 9.94. The lowest BCUT2D eigenvalue weighted by Gasteiger charge is -2.16. The van der Waals surface area contributed by atoms with E-state index in [-0.39, 0.29) is 24.7 Å². The fourth-order valence-corrected chi connectivity index (χ4v) is 3.26. The van der Waals surface area contributed by atoms with E-state index in [9.17, 15) is 14.4 Å². The van der Waals surface area contributed by atoms with Gasteiger partial charge < -0.3 is 15.4 Å². The second kappa shape index (κ2) is 12.0. The number of carbonyl (C=O) groups is 3. The molecule has 1 aromatic rings. The van der Waals surface area contributed by atoms with Crippen molar-refractivity contribution in [3.05, 3.63) is 47.5 Å². The Balaban J connectivity index is 1.71. The van der Waals surface area contributed by atoms with E-state index in [4.69, 9.17) is 4.74 Å². The Morgan fingerprint density at radius 3 is 2.50 bits per heavy atom. The van der Waals surface area contributed by atoms with Crippen molar-refractivity contribution < 1.29 is 19.1 Å². The molecular formula is C22H30N2O4. The average molecular weight is 386 g/mol. The molecule has 1 aromatic carbocycles. The maximum Gasteiger partial charge on any atom is 0.328 e. The number of hydrogen-bond acceptors (Lipinski definition) is 4. The van der Waals surface area contributed by atoms with Gasteiger partial charge in [-0.15, -0.1) is 0 Å².